The minimum Gasteiger partial charge on any atom is -0.494 e. The number of hydrogen-bond acceptors (Lipinski definition) is 5. The molecule has 38 heavy (non-hydrogen) atoms. The van der Waals surface area contributed by atoms with E-state index in [0.29, 0.717) is 25.6 Å². The third-order valence-electron chi connectivity index (χ3n) is 5.90. The Morgan fingerprint density at radius 2 is 1.34 bits per heavy atom. The van der Waals surface area contributed by atoms with Gasteiger partial charge in [-0.25, -0.2) is 0 Å². The van der Waals surface area contributed by atoms with Crippen LogP contribution < -0.4 is 14.2 Å². The molecule has 0 aliphatic carbocycles. The van der Waals surface area contributed by atoms with Gasteiger partial charge in [0.25, 0.3) is 0 Å². The molecule has 2 rings (SSSR count). The molecular formula is C30H40F3NO4. The van der Waals surface area contributed by atoms with Gasteiger partial charge in [-0.3, -0.25) is 0 Å². The lowest BCUT2D eigenvalue weighted by molar-refractivity contribution is -0.0608. The average Bonchev–Trinajstić information content (AvgIpc) is 2.87. The fourth-order valence-electron chi connectivity index (χ4n) is 3.98. The summed E-state index contributed by atoms with van der Waals surface area (Å²) in [6.45, 7) is 7.87. The zero-order chi connectivity index (χ0) is 27.8. The van der Waals surface area contributed by atoms with Crippen molar-refractivity contribution in [3.63, 3.8) is 0 Å². The maximum atomic E-state index is 13.0. The summed E-state index contributed by atoms with van der Waals surface area (Å²) in [6.07, 6.45) is 6.89. The van der Waals surface area contributed by atoms with Crippen molar-refractivity contribution in [2.45, 2.75) is 71.9 Å². The summed E-state index contributed by atoms with van der Waals surface area (Å²) in [5.41, 5.74) is 1.04. The van der Waals surface area contributed by atoms with E-state index in [2.05, 4.69) is 9.99 Å². The number of oxime groups is 1. The molecule has 0 spiro atoms. The molecule has 8 heteroatoms. The molecule has 5 nitrogen and oxygen atoms in total. The lowest BCUT2D eigenvalue weighted by Crippen LogP contribution is -2.24. The molecule has 0 fully saturated rings. The van der Waals surface area contributed by atoms with Crippen LogP contribution in [0.15, 0.2) is 53.7 Å². The van der Waals surface area contributed by atoms with Crippen LogP contribution in [-0.4, -0.2) is 38.8 Å². The third-order valence-corrected chi connectivity index (χ3v) is 5.90. The van der Waals surface area contributed by atoms with Crippen molar-refractivity contribution >= 4 is 5.71 Å². The number of benzene rings is 2. The van der Waals surface area contributed by atoms with Crippen molar-refractivity contribution < 1.29 is 32.2 Å². The van der Waals surface area contributed by atoms with E-state index in [-0.39, 0.29) is 5.56 Å². The minimum absolute atomic E-state index is 0.0643. The van der Waals surface area contributed by atoms with E-state index >= 15 is 0 Å². The van der Waals surface area contributed by atoms with Gasteiger partial charge in [0.1, 0.15) is 31.0 Å². The Labute approximate surface area is 224 Å². The molecule has 0 radical (unpaired) electrons. The first-order valence-electron chi connectivity index (χ1n) is 13.2. The summed E-state index contributed by atoms with van der Waals surface area (Å²) in [5, 5.41) is 3.09. The molecule has 210 valence electrons. The molecule has 0 aliphatic rings. The van der Waals surface area contributed by atoms with Crippen LogP contribution >= 0.6 is 0 Å². The van der Waals surface area contributed by atoms with Gasteiger partial charge in [-0.15, -0.1) is 0 Å². The Morgan fingerprint density at radius 3 is 1.87 bits per heavy atom. The molecule has 0 heterocycles. The number of hydrogen-bond donors (Lipinski definition) is 0. The van der Waals surface area contributed by atoms with Gasteiger partial charge in [-0.2, -0.15) is 13.2 Å². The van der Waals surface area contributed by atoms with E-state index < -0.39 is 11.9 Å². The lowest BCUT2D eigenvalue weighted by Gasteiger charge is -2.14. The van der Waals surface area contributed by atoms with Gasteiger partial charge in [0.15, 0.2) is 5.71 Å². The molecule has 0 bridgehead atoms. The summed E-state index contributed by atoms with van der Waals surface area (Å²) < 4.78 is 56.5. The summed E-state index contributed by atoms with van der Waals surface area (Å²) in [5.74, 6) is 2.34. The standard InChI is InChI=1S/C30H40F3NO4/c1-5-6-18-37-27-21-23(2)28(24(3)22-27)38-20-13-11-9-7-8-10-12-19-36-26-16-14-25(15-17-26)29(34-35-4)30(31,32)33/h5-6,14-17,21-22H,7-13,18-20H2,1-4H3/b6-5+,34-29?. The zero-order valence-corrected chi connectivity index (χ0v) is 22.9. The Morgan fingerprint density at radius 1 is 0.789 bits per heavy atom. The number of unbranched alkanes of at least 4 members (excludes halogenated alkanes) is 6. The Bertz CT molecular complexity index is 994. The van der Waals surface area contributed by atoms with Gasteiger partial charge in [-0.05, 0) is 81.1 Å². The number of allylic oxidation sites excluding steroid dienone is 1. The molecule has 0 unspecified atom stereocenters. The van der Waals surface area contributed by atoms with E-state index in [1.165, 1.54) is 24.3 Å². The molecule has 2 aromatic rings. The molecule has 0 saturated heterocycles. The Kier molecular flexibility index (Phi) is 13.6. The van der Waals surface area contributed by atoms with Crippen molar-refractivity contribution in [2.75, 3.05) is 26.9 Å². The number of ether oxygens (including phenoxy) is 3. The summed E-state index contributed by atoms with van der Waals surface area (Å²) >= 11 is 0. The highest BCUT2D eigenvalue weighted by atomic mass is 19.4. The predicted molar refractivity (Wildman–Crippen MR) is 146 cm³/mol. The van der Waals surface area contributed by atoms with Gasteiger partial charge >= 0.3 is 6.18 Å². The van der Waals surface area contributed by atoms with Crippen LogP contribution in [-0.2, 0) is 4.84 Å². The third kappa shape index (κ3) is 11.1. The van der Waals surface area contributed by atoms with E-state index in [1.54, 1.807) is 0 Å². The monoisotopic (exact) mass is 535 g/mol. The van der Waals surface area contributed by atoms with Gasteiger partial charge < -0.3 is 19.0 Å². The van der Waals surface area contributed by atoms with Crippen LogP contribution in [0.5, 0.6) is 17.2 Å². The smallest absolute Gasteiger partial charge is 0.437 e. The first-order valence-corrected chi connectivity index (χ1v) is 13.2. The Balaban J connectivity index is 1.55. The molecule has 0 aromatic heterocycles. The number of aryl methyl sites for hydroxylation is 2. The molecular weight excluding hydrogens is 495 g/mol. The summed E-state index contributed by atoms with van der Waals surface area (Å²) in [7, 11) is 1.09. The predicted octanol–water partition coefficient (Wildman–Crippen LogP) is 8.36. The average molecular weight is 536 g/mol. The number of nitrogens with zero attached hydrogens (tertiary/aromatic N) is 1. The number of rotatable bonds is 17. The topological polar surface area (TPSA) is 49.3 Å². The highest BCUT2D eigenvalue weighted by Crippen LogP contribution is 2.29. The first kappa shape index (κ1) is 31.1. The quantitative estimate of drug-likeness (QED) is 0.0884. The normalized spacial score (nSPS) is 12.1. The number of halogens is 3. The molecule has 0 amide bonds. The van der Waals surface area contributed by atoms with Crippen LogP contribution in [0.3, 0.4) is 0 Å². The van der Waals surface area contributed by atoms with Crippen LogP contribution in [0.1, 0.15) is 68.6 Å². The Hall–Kier alpha value is -3.16. The van der Waals surface area contributed by atoms with Crippen molar-refractivity contribution in [2.24, 2.45) is 5.16 Å². The van der Waals surface area contributed by atoms with Crippen molar-refractivity contribution in [3.8, 4) is 17.2 Å². The van der Waals surface area contributed by atoms with Gasteiger partial charge in [0.05, 0.1) is 13.2 Å². The van der Waals surface area contributed by atoms with E-state index in [1.807, 2.05) is 45.1 Å². The van der Waals surface area contributed by atoms with Crippen LogP contribution in [0, 0.1) is 13.8 Å². The van der Waals surface area contributed by atoms with Crippen LogP contribution in [0.4, 0.5) is 13.2 Å². The minimum atomic E-state index is -4.59. The summed E-state index contributed by atoms with van der Waals surface area (Å²) in [4.78, 5) is 4.32. The molecule has 0 N–H and O–H groups in total. The zero-order valence-electron chi connectivity index (χ0n) is 22.9. The highest BCUT2D eigenvalue weighted by molar-refractivity contribution is 6.04. The molecule has 0 atom stereocenters. The largest absolute Gasteiger partial charge is 0.494 e. The van der Waals surface area contributed by atoms with Gasteiger partial charge in [0, 0.05) is 5.56 Å². The van der Waals surface area contributed by atoms with E-state index in [4.69, 9.17) is 14.2 Å². The van der Waals surface area contributed by atoms with Crippen molar-refractivity contribution in [3.05, 3.63) is 65.2 Å². The van der Waals surface area contributed by atoms with Gasteiger partial charge in [-0.1, -0.05) is 49.4 Å². The number of alkyl halides is 3. The van der Waals surface area contributed by atoms with Crippen molar-refractivity contribution in [1.82, 2.24) is 0 Å². The molecule has 0 saturated carbocycles. The van der Waals surface area contributed by atoms with E-state index in [0.717, 1.165) is 74.7 Å². The lowest BCUT2D eigenvalue weighted by atomic mass is 10.1. The van der Waals surface area contributed by atoms with Crippen LogP contribution in [0.25, 0.3) is 0 Å². The maximum Gasteiger partial charge on any atom is 0.437 e. The first-order chi connectivity index (χ1) is 18.3. The SMILES string of the molecule is C/C=C/COc1cc(C)c(OCCCCCCCCCOc2ccc(C(=NOC)C(F)(F)F)cc2)c(C)c1. The van der Waals surface area contributed by atoms with E-state index in [9.17, 15) is 13.2 Å². The van der Waals surface area contributed by atoms with Crippen molar-refractivity contribution in [1.29, 1.82) is 0 Å². The van der Waals surface area contributed by atoms with Gasteiger partial charge in [0.2, 0.25) is 0 Å². The van der Waals surface area contributed by atoms with Crippen LogP contribution in [0.2, 0.25) is 0 Å². The second-order valence-corrected chi connectivity index (χ2v) is 9.08. The fraction of sp³-hybridized carbons (Fsp3) is 0.500. The summed E-state index contributed by atoms with van der Waals surface area (Å²) in [6, 6.07) is 9.75. The highest BCUT2D eigenvalue weighted by Gasteiger charge is 2.37. The second kappa shape index (κ2) is 16.6. The molecule has 0 aliphatic heterocycles. The maximum absolute atomic E-state index is 13.0. The fourth-order valence-corrected chi connectivity index (χ4v) is 3.98. The molecule has 2 aromatic carbocycles. The second-order valence-electron chi connectivity index (χ2n) is 9.08.